The van der Waals surface area contributed by atoms with Gasteiger partial charge in [-0.1, -0.05) is 64.1 Å². The fourth-order valence-corrected chi connectivity index (χ4v) is 13.4. The molecular weight excluding hydrogens is 1360 g/mol. The van der Waals surface area contributed by atoms with Gasteiger partial charge in [-0.05, 0) is 104 Å². The molecule has 33 heteroatoms. The van der Waals surface area contributed by atoms with Gasteiger partial charge in [-0.3, -0.25) is 38.5 Å². The molecule has 0 fully saturated rings. The molecule has 9 aromatic rings. The highest BCUT2D eigenvalue weighted by Gasteiger charge is 2.36. The second-order valence-electron chi connectivity index (χ2n) is 23.1. The van der Waals surface area contributed by atoms with Crippen molar-refractivity contribution in [3.8, 4) is 5.75 Å². The third kappa shape index (κ3) is 18.1. The fourth-order valence-electron chi connectivity index (χ4n) is 11.1. The van der Waals surface area contributed by atoms with Crippen LogP contribution >= 0.6 is 33.2 Å². The predicted octanol–water partition coefficient (Wildman–Crippen LogP) is 7.17. The molecule has 15 N–H and O–H groups in total. The van der Waals surface area contributed by atoms with Crippen molar-refractivity contribution < 1.29 is 77.8 Å². The summed E-state index contributed by atoms with van der Waals surface area (Å²) in [5, 5.41) is 58.0. The average molecular weight is 1420 g/mol. The summed E-state index contributed by atoms with van der Waals surface area (Å²) in [6.45, 7) is 0.282. The third-order valence-electron chi connectivity index (χ3n) is 16.1. The van der Waals surface area contributed by atoms with E-state index in [-0.39, 0.29) is 103 Å². The molecule has 5 atom stereocenters. The van der Waals surface area contributed by atoms with Crippen LogP contribution in [0.1, 0.15) is 87.0 Å². The van der Waals surface area contributed by atoms with E-state index in [1.54, 1.807) is 65.6 Å². The SMILES string of the molecule is Nc1cc2ncc(CNc3ccc(C(=O)NC(CCC(=O)NC(CCC(=O)NC(CCCNC(CSSCCOC(=O)Oc4cc5c(c6ccccc46)C(CCl)CN5C(=O)c4cc5cc(NC(=O)c6cc7ccccc7[nH]6)ccc5[nH]4)C(=O)O)C(=O)O)C(=O)O)C(=O)O)cc3)nc2c(=O)[nH]1. The highest BCUT2D eigenvalue weighted by Crippen LogP contribution is 2.46. The molecule has 0 saturated carbocycles. The van der Waals surface area contributed by atoms with Crippen LogP contribution < -0.4 is 52.8 Å². The molecule has 0 radical (unpaired) electrons. The van der Waals surface area contributed by atoms with Crippen LogP contribution in [0.4, 0.5) is 27.7 Å². The lowest BCUT2D eigenvalue weighted by Crippen LogP contribution is -2.45. The summed E-state index contributed by atoms with van der Waals surface area (Å²) in [4.78, 5) is 159. The van der Waals surface area contributed by atoms with Crippen molar-refractivity contribution in [1.29, 1.82) is 0 Å². The number of aliphatic carboxylic acids is 4. The lowest BCUT2D eigenvalue weighted by atomic mass is 9.95. The molecule has 10 rings (SSSR count). The number of carboxylic acids is 4. The summed E-state index contributed by atoms with van der Waals surface area (Å²) < 4.78 is 11.2. The Morgan fingerprint density at radius 1 is 0.680 bits per heavy atom. The van der Waals surface area contributed by atoms with Crippen molar-refractivity contribution >= 4 is 159 Å². The number of H-pyrrole nitrogens is 3. The number of pyridine rings is 1. The molecule has 5 heterocycles. The van der Waals surface area contributed by atoms with E-state index >= 15 is 0 Å². The molecule has 5 amide bonds. The van der Waals surface area contributed by atoms with Crippen molar-refractivity contribution in [3.05, 3.63) is 160 Å². The number of hydrogen-bond donors (Lipinski definition) is 14. The topological polar surface area (TPSA) is 462 Å². The molecule has 0 saturated heterocycles. The Morgan fingerprint density at radius 2 is 1.32 bits per heavy atom. The maximum Gasteiger partial charge on any atom is 0.513 e. The first-order valence-electron chi connectivity index (χ1n) is 31.2. The van der Waals surface area contributed by atoms with Crippen molar-refractivity contribution in [3.63, 3.8) is 0 Å². The molecule has 1 aliphatic heterocycles. The number of halogens is 1. The van der Waals surface area contributed by atoms with E-state index < -0.39 is 103 Å². The van der Waals surface area contributed by atoms with Crippen molar-refractivity contribution in [2.24, 2.45) is 0 Å². The molecule has 30 nitrogen and oxygen atoms in total. The Morgan fingerprint density at radius 3 is 2.02 bits per heavy atom. The van der Waals surface area contributed by atoms with Gasteiger partial charge in [-0.2, -0.15) is 0 Å². The van der Waals surface area contributed by atoms with E-state index in [1.165, 1.54) is 46.0 Å². The van der Waals surface area contributed by atoms with Crippen molar-refractivity contribution in [2.75, 3.05) is 58.3 Å². The minimum Gasteiger partial charge on any atom is -0.480 e. The third-order valence-corrected chi connectivity index (χ3v) is 18.9. The highest BCUT2D eigenvalue weighted by molar-refractivity contribution is 8.76. The number of fused-ring (bicyclic) bond motifs is 6. The molecule has 1 aliphatic rings. The van der Waals surface area contributed by atoms with Gasteiger partial charge >= 0.3 is 30.0 Å². The van der Waals surface area contributed by atoms with E-state index in [0.29, 0.717) is 50.3 Å². The van der Waals surface area contributed by atoms with Gasteiger partial charge in [0.05, 0.1) is 29.6 Å². The van der Waals surface area contributed by atoms with Gasteiger partial charge in [0, 0.05) is 99.0 Å². The van der Waals surface area contributed by atoms with Gasteiger partial charge in [0.25, 0.3) is 23.3 Å². The molecule has 0 spiro atoms. The number of hydrogen-bond acceptors (Lipinski definition) is 20. The number of anilines is 4. The van der Waals surface area contributed by atoms with E-state index in [4.69, 9.17) is 26.8 Å². The van der Waals surface area contributed by atoms with E-state index in [2.05, 4.69) is 56.8 Å². The smallest absolute Gasteiger partial charge is 0.480 e. The van der Waals surface area contributed by atoms with Gasteiger partial charge in [-0.25, -0.2) is 24.2 Å². The minimum atomic E-state index is -1.64. The van der Waals surface area contributed by atoms with Crippen molar-refractivity contribution in [2.45, 2.75) is 75.2 Å². The Labute approximate surface area is 579 Å². The first-order valence-corrected chi connectivity index (χ1v) is 34.2. The van der Waals surface area contributed by atoms with Crippen LogP contribution in [0.5, 0.6) is 5.75 Å². The van der Waals surface area contributed by atoms with Gasteiger partial charge in [0.1, 0.15) is 53.7 Å². The number of aromatic amines is 3. The van der Waals surface area contributed by atoms with Gasteiger partial charge in [0.15, 0.2) is 5.52 Å². The Balaban J connectivity index is 0.621. The molecule has 0 aliphatic carbocycles. The second-order valence-corrected chi connectivity index (χ2v) is 26.0. The normalized spacial score (nSPS) is 13.8. The number of carboxylic acid groups (broad SMARTS) is 4. The van der Waals surface area contributed by atoms with Crippen LogP contribution in [0, 0.1) is 0 Å². The van der Waals surface area contributed by atoms with Crippen LogP contribution in [0.25, 0.3) is 43.6 Å². The molecule has 5 aromatic carbocycles. The molecule has 5 unspecified atom stereocenters. The van der Waals surface area contributed by atoms with E-state index in [1.807, 2.05) is 36.4 Å². The van der Waals surface area contributed by atoms with Gasteiger partial charge in [0.2, 0.25) is 11.8 Å². The van der Waals surface area contributed by atoms with Crippen LogP contribution in [0.3, 0.4) is 0 Å². The number of nitrogen functional groups attached to an aromatic ring is 1. The quantitative estimate of drug-likeness (QED) is 0.00637. The van der Waals surface area contributed by atoms with E-state index in [0.717, 1.165) is 21.9 Å². The summed E-state index contributed by atoms with van der Waals surface area (Å²) in [6, 6.07) is 26.8. The maximum atomic E-state index is 14.4. The fraction of sp³-hybridized carbons (Fsp3) is 0.269. The highest BCUT2D eigenvalue weighted by atomic mass is 35.5. The Hall–Kier alpha value is -11.2. The Kier molecular flexibility index (Phi) is 23.5. The summed E-state index contributed by atoms with van der Waals surface area (Å²) in [7, 11) is 2.39. The monoisotopic (exact) mass is 1420 g/mol. The minimum absolute atomic E-state index is 0.0188. The average Bonchev–Trinajstić information content (AvgIpc) is 1.56. The second kappa shape index (κ2) is 32.9. The van der Waals surface area contributed by atoms with Crippen LogP contribution in [-0.2, 0) is 40.0 Å². The van der Waals surface area contributed by atoms with Crippen LogP contribution in [0.15, 0.2) is 126 Å². The summed E-state index contributed by atoms with van der Waals surface area (Å²) in [5.74, 6) is -8.42. The molecule has 0 bridgehead atoms. The summed E-state index contributed by atoms with van der Waals surface area (Å²) >= 11 is 6.54. The largest absolute Gasteiger partial charge is 0.513 e. The lowest BCUT2D eigenvalue weighted by molar-refractivity contribution is -0.143. The van der Waals surface area contributed by atoms with Crippen molar-refractivity contribution in [1.82, 2.24) is 46.2 Å². The van der Waals surface area contributed by atoms with Crippen LogP contribution in [0.2, 0.25) is 0 Å². The zero-order valence-electron chi connectivity index (χ0n) is 52.8. The number of ether oxygens (including phenoxy) is 2. The maximum absolute atomic E-state index is 14.4. The first kappa shape index (κ1) is 71.5. The summed E-state index contributed by atoms with van der Waals surface area (Å²) in [5.41, 5.74) is 10.6. The molecule has 100 heavy (non-hydrogen) atoms. The number of amides is 5. The first-order chi connectivity index (χ1) is 48.1. The number of nitrogens with zero attached hydrogens (tertiary/aromatic N) is 3. The lowest BCUT2D eigenvalue weighted by Gasteiger charge is -2.18. The zero-order chi connectivity index (χ0) is 71.1. The Bertz CT molecular complexity index is 4650. The number of nitrogens with two attached hydrogens (primary N) is 1. The zero-order valence-corrected chi connectivity index (χ0v) is 55.2. The number of nitrogens with one attached hydrogen (secondary N) is 9. The van der Waals surface area contributed by atoms with E-state index in [9.17, 15) is 73.2 Å². The number of benzene rings is 5. The number of aromatic nitrogens is 5. The number of carbonyl (C=O) groups excluding carboxylic acids is 6. The molecule has 4 aromatic heterocycles. The number of rotatable bonds is 33. The molecular formula is C67H66ClN13O17S2. The summed E-state index contributed by atoms with van der Waals surface area (Å²) in [6.07, 6.45) is -1.65. The number of alkyl halides is 1. The van der Waals surface area contributed by atoms with Crippen LogP contribution in [-0.4, -0.2) is 166 Å². The van der Waals surface area contributed by atoms with Gasteiger partial charge in [-0.15, -0.1) is 11.6 Å². The van der Waals surface area contributed by atoms with Gasteiger partial charge < -0.3 is 87.4 Å². The standard InChI is InChI=1S/C67H66ClN13O17S2/c68-29-37-32-81(62(87)50-26-36-24-39(15-16-44(36)76-50)74-60(85)49-25-35-6-1-4-9-43(35)75-49)52-28-53(41-7-2-3-8-42(41)57(37)52)98-67(96)97-22-23-99-100-33-51(66(94)95)70-21-5-10-45(63(88)89)77-55(82)19-17-46(64(90)91)78-56(83)20-18-47(65(92)93)79-59(84)34-11-13-38(14-12-34)71-30-40-31-72-48-27-54(69)80-61(86)58(48)73-40/h1-4,6-9,11-16,24-28,31,37,45-47,51,70-71,75-76H,5,10,17-23,29-30,32-33H2,(H,74,85)(H,77,82)(H,78,83)(H,79,84)(H,88,89)(H,90,91)(H,92,93)(H,94,95)(H3,69,80,86). The predicted molar refractivity (Wildman–Crippen MR) is 374 cm³/mol. The molecule has 520 valence electrons. The number of carbonyl (C=O) groups is 10. The number of para-hydroxylation sites is 1.